The van der Waals surface area contributed by atoms with Crippen molar-refractivity contribution in [3.63, 3.8) is 0 Å². The van der Waals surface area contributed by atoms with Crippen LogP contribution in [0.15, 0.2) is 24.5 Å². The maximum Gasteiger partial charge on any atom is 0.138 e. The third-order valence-corrected chi connectivity index (χ3v) is 3.18. The molecule has 0 aromatic carbocycles. The molecule has 2 heterocycles. The Morgan fingerprint density at radius 1 is 1.29 bits per heavy atom. The maximum absolute atomic E-state index is 5.74. The minimum absolute atomic E-state index is 0.0596. The van der Waals surface area contributed by atoms with Crippen LogP contribution < -0.4 is 10.1 Å². The van der Waals surface area contributed by atoms with E-state index >= 15 is 0 Å². The monoisotopic (exact) mass is 288 g/mol. The number of hydrogen-bond donors (Lipinski definition) is 1. The van der Waals surface area contributed by atoms with Gasteiger partial charge >= 0.3 is 0 Å². The van der Waals surface area contributed by atoms with Gasteiger partial charge in [0.25, 0.3) is 0 Å². The summed E-state index contributed by atoms with van der Waals surface area (Å²) >= 11 is 0. The van der Waals surface area contributed by atoms with Gasteiger partial charge in [-0.15, -0.1) is 0 Å². The van der Waals surface area contributed by atoms with E-state index in [1.165, 1.54) is 0 Å². The predicted octanol–water partition coefficient (Wildman–Crippen LogP) is 2.61. The van der Waals surface area contributed by atoms with Gasteiger partial charge in [0.2, 0.25) is 0 Å². The number of nitrogens with zero attached hydrogens (tertiary/aromatic N) is 3. The SMILES string of the molecule is CCNC(c1cncc(OC(C)C)c1)c1cc(C)nn1C. The molecule has 1 atom stereocenters. The molecule has 2 rings (SSSR count). The van der Waals surface area contributed by atoms with Crippen molar-refractivity contribution >= 4 is 0 Å². The molecule has 0 saturated heterocycles. The van der Waals surface area contributed by atoms with Gasteiger partial charge in [-0.05, 0) is 45.0 Å². The third-order valence-electron chi connectivity index (χ3n) is 3.18. The van der Waals surface area contributed by atoms with E-state index in [-0.39, 0.29) is 12.1 Å². The van der Waals surface area contributed by atoms with Crippen LogP contribution >= 0.6 is 0 Å². The van der Waals surface area contributed by atoms with Gasteiger partial charge in [-0.1, -0.05) is 6.92 Å². The highest BCUT2D eigenvalue weighted by molar-refractivity contribution is 5.32. The summed E-state index contributed by atoms with van der Waals surface area (Å²) in [5.74, 6) is 0.796. The predicted molar refractivity (Wildman–Crippen MR) is 83.5 cm³/mol. The summed E-state index contributed by atoms with van der Waals surface area (Å²) in [6.07, 6.45) is 3.77. The molecule has 0 aliphatic carbocycles. The van der Waals surface area contributed by atoms with Gasteiger partial charge in [0.1, 0.15) is 5.75 Å². The molecule has 0 aliphatic heterocycles. The molecule has 0 radical (unpaired) electrons. The van der Waals surface area contributed by atoms with Crippen molar-refractivity contribution in [2.24, 2.45) is 7.05 Å². The number of rotatable bonds is 6. The highest BCUT2D eigenvalue weighted by atomic mass is 16.5. The molecule has 1 N–H and O–H groups in total. The van der Waals surface area contributed by atoms with Crippen molar-refractivity contribution in [2.45, 2.75) is 39.8 Å². The molecular formula is C16H24N4O. The van der Waals surface area contributed by atoms with Crippen LogP contribution in [0, 0.1) is 6.92 Å². The molecule has 0 spiro atoms. The number of hydrogen-bond acceptors (Lipinski definition) is 4. The molecule has 0 amide bonds. The van der Waals surface area contributed by atoms with E-state index < -0.39 is 0 Å². The smallest absolute Gasteiger partial charge is 0.138 e. The molecule has 5 heteroatoms. The number of nitrogens with one attached hydrogen (secondary N) is 1. The van der Waals surface area contributed by atoms with Crippen molar-refractivity contribution in [3.8, 4) is 5.75 Å². The van der Waals surface area contributed by atoms with Crippen molar-refractivity contribution in [1.82, 2.24) is 20.1 Å². The molecule has 21 heavy (non-hydrogen) atoms. The van der Waals surface area contributed by atoms with E-state index in [0.29, 0.717) is 0 Å². The zero-order valence-electron chi connectivity index (χ0n) is 13.4. The van der Waals surface area contributed by atoms with Crippen LogP contribution in [0.4, 0.5) is 0 Å². The molecule has 5 nitrogen and oxygen atoms in total. The second kappa shape index (κ2) is 6.72. The molecule has 0 fully saturated rings. The lowest BCUT2D eigenvalue weighted by atomic mass is 10.1. The molecule has 2 aromatic rings. The number of pyridine rings is 1. The first-order chi connectivity index (χ1) is 10.0. The highest BCUT2D eigenvalue weighted by Gasteiger charge is 2.18. The molecule has 0 saturated carbocycles. The Bertz CT molecular complexity index is 592. The molecule has 2 aromatic heterocycles. The van der Waals surface area contributed by atoms with Gasteiger partial charge in [0, 0.05) is 13.2 Å². The van der Waals surface area contributed by atoms with Crippen molar-refractivity contribution in [3.05, 3.63) is 41.5 Å². The van der Waals surface area contributed by atoms with E-state index in [1.807, 2.05) is 44.8 Å². The van der Waals surface area contributed by atoms with E-state index in [9.17, 15) is 0 Å². The molecule has 0 bridgehead atoms. The first kappa shape index (κ1) is 15.5. The van der Waals surface area contributed by atoms with E-state index in [4.69, 9.17) is 4.74 Å². The Morgan fingerprint density at radius 3 is 2.62 bits per heavy atom. The Kier molecular flexibility index (Phi) is 4.96. The summed E-state index contributed by atoms with van der Waals surface area (Å²) in [6, 6.07) is 4.20. The summed E-state index contributed by atoms with van der Waals surface area (Å²) in [4.78, 5) is 4.31. The minimum atomic E-state index is 0.0596. The lowest BCUT2D eigenvalue weighted by Gasteiger charge is -2.19. The fourth-order valence-corrected chi connectivity index (χ4v) is 2.43. The van der Waals surface area contributed by atoms with E-state index in [0.717, 1.165) is 29.2 Å². The van der Waals surface area contributed by atoms with Gasteiger partial charge in [-0.25, -0.2) is 0 Å². The van der Waals surface area contributed by atoms with Gasteiger partial charge in [0.05, 0.1) is 29.7 Å². The van der Waals surface area contributed by atoms with Crippen LogP contribution in [0.2, 0.25) is 0 Å². The van der Waals surface area contributed by atoms with Crippen LogP contribution in [0.1, 0.15) is 43.8 Å². The number of ether oxygens (including phenoxy) is 1. The normalized spacial score (nSPS) is 12.7. The molecular weight excluding hydrogens is 264 g/mol. The third kappa shape index (κ3) is 3.82. The standard InChI is InChI=1S/C16H24N4O/c1-6-18-16(15-7-12(4)19-20(15)5)13-8-14(10-17-9-13)21-11(2)3/h7-11,16,18H,6H2,1-5H3. The fraction of sp³-hybridized carbons (Fsp3) is 0.500. The first-order valence-corrected chi connectivity index (χ1v) is 7.36. The quantitative estimate of drug-likeness (QED) is 0.887. The Balaban J connectivity index is 2.36. The molecule has 0 aliphatic rings. The first-order valence-electron chi connectivity index (χ1n) is 7.36. The van der Waals surface area contributed by atoms with Crippen LogP contribution in [0.3, 0.4) is 0 Å². The van der Waals surface area contributed by atoms with E-state index in [2.05, 4.69) is 28.4 Å². The van der Waals surface area contributed by atoms with Crippen LogP contribution in [0.5, 0.6) is 5.75 Å². The van der Waals surface area contributed by atoms with Gasteiger partial charge in [-0.3, -0.25) is 9.67 Å². The number of aryl methyl sites for hydroxylation is 2. The second-order valence-corrected chi connectivity index (χ2v) is 5.45. The lowest BCUT2D eigenvalue weighted by Crippen LogP contribution is -2.24. The largest absolute Gasteiger partial charge is 0.489 e. The van der Waals surface area contributed by atoms with Crippen molar-refractivity contribution in [1.29, 1.82) is 0 Å². The van der Waals surface area contributed by atoms with Crippen molar-refractivity contribution < 1.29 is 4.74 Å². The Morgan fingerprint density at radius 2 is 2.05 bits per heavy atom. The average Bonchev–Trinajstić information content (AvgIpc) is 2.74. The topological polar surface area (TPSA) is 52.0 Å². The maximum atomic E-state index is 5.74. The Labute approximate surface area is 126 Å². The molecule has 1 unspecified atom stereocenters. The molecule has 114 valence electrons. The zero-order chi connectivity index (χ0) is 15.4. The summed E-state index contributed by atoms with van der Waals surface area (Å²) in [5.41, 5.74) is 3.22. The summed E-state index contributed by atoms with van der Waals surface area (Å²) < 4.78 is 7.66. The summed E-state index contributed by atoms with van der Waals surface area (Å²) in [5, 5.41) is 7.93. The van der Waals surface area contributed by atoms with Crippen LogP contribution in [-0.2, 0) is 7.05 Å². The summed E-state index contributed by atoms with van der Waals surface area (Å²) in [6.45, 7) is 8.99. The second-order valence-electron chi connectivity index (χ2n) is 5.45. The zero-order valence-corrected chi connectivity index (χ0v) is 13.4. The van der Waals surface area contributed by atoms with Gasteiger partial charge in [0.15, 0.2) is 0 Å². The summed E-state index contributed by atoms with van der Waals surface area (Å²) in [7, 11) is 1.97. The minimum Gasteiger partial charge on any atom is -0.489 e. The number of aromatic nitrogens is 3. The lowest BCUT2D eigenvalue weighted by molar-refractivity contribution is 0.241. The average molecular weight is 288 g/mol. The fourth-order valence-electron chi connectivity index (χ4n) is 2.43. The van der Waals surface area contributed by atoms with Crippen LogP contribution in [-0.4, -0.2) is 27.4 Å². The van der Waals surface area contributed by atoms with E-state index in [1.54, 1.807) is 6.20 Å². The van der Waals surface area contributed by atoms with Gasteiger partial charge in [-0.2, -0.15) is 5.10 Å². The van der Waals surface area contributed by atoms with Crippen molar-refractivity contribution in [2.75, 3.05) is 6.54 Å². The van der Waals surface area contributed by atoms with Gasteiger partial charge < -0.3 is 10.1 Å². The highest BCUT2D eigenvalue weighted by Crippen LogP contribution is 2.25. The Hall–Kier alpha value is -1.88. The van der Waals surface area contributed by atoms with Crippen LogP contribution in [0.25, 0.3) is 0 Å².